The fraction of sp³-hybridized carbons (Fsp3) is 0.824. The van der Waals surface area contributed by atoms with Crippen molar-refractivity contribution in [2.45, 2.75) is 72.4 Å². The van der Waals surface area contributed by atoms with E-state index in [1.54, 1.807) is 0 Å². The maximum atomic E-state index is 5.00. The van der Waals surface area contributed by atoms with Crippen LogP contribution < -0.4 is 10.2 Å². The molecular formula is C17H31N3S. The Bertz CT molecular complexity index is 463. The highest BCUT2D eigenvalue weighted by Crippen LogP contribution is 2.44. The monoisotopic (exact) mass is 309 g/mol. The van der Waals surface area contributed by atoms with Gasteiger partial charge in [-0.25, -0.2) is 4.98 Å². The molecule has 1 atom stereocenters. The molecule has 1 unspecified atom stereocenters. The van der Waals surface area contributed by atoms with E-state index < -0.39 is 0 Å². The summed E-state index contributed by atoms with van der Waals surface area (Å²) in [4.78, 5) is 8.86. The molecule has 1 heterocycles. The van der Waals surface area contributed by atoms with Gasteiger partial charge in [-0.05, 0) is 37.6 Å². The van der Waals surface area contributed by atoms with Crippen molar-refractivity contribution in [1.29, 1.82) is 0 Å². The molecule has 0 radical (unpaired) electrons. The van der Waals surface area contributed by atoms with Gasteiger partial charge in [-0.1, -0.05) is 46.0 Å². The minimum atomic E-state index is 0.346. The van der Waals surface area contributed by atoms with E-state index in [2.05, 4.69) is 51.9 Å². The quantitative estimate of drug-likeness (QED) is 0.844. The highest BCUT2D eigenvalue weighted by Gasteiger charge is 2.35. The molecule has 0 aliphatic heterocycles. The summed E-state index contributed by atoms with van der Waals surface area (Å²) < 4.78 is 0. The topological polar surface area (TPSA) is 28.2 Å². The Kier molecular flexibility index (Phi) is 5.31. The molecule has 0 saturated carbocycles. The van der Waals surface area contributed by atoms with Crippen LogP contribution in [0.4, 0.5) is 5.13 Å². The Labute approximate surface area is 134 Å². The maximum Gasteiger partial charge on any atom is 0.185 e. The Hall–Kier alpha value is -0.610. The van der Waals surface area contributed by atoms with E-state index in [9.17, 15) is 0 Å². The van der Waals surface area contributed by atoms with Crippen LogP contribution in [0.1, 0.15) is 70.5 Å². The summed E-state index contributed by atoms with van der Waals surface area (Å²) in [5.41, 5.74) is 1.67. The first-order valence-corrected chi connectivity index (χ1v) is 9.19. The van der Waals surface area contributed by atoms with Gasteiger partial charge in [0.05, 0.1) is 5.69 Å². The Morgan fingerprint density at radius 3 is 2.57 bits per heavy atom. The maximum absolute atomic E-state index is 5.00. The average Bonchev–Trinajstić information content (AvgIpc) is 2.82. The number of aromatic nitrogens is 1. The summed E-state index contributed by atoms with van der Waals surface area (Å²) in [6.45, 7) is 12.5. The summed E-state index contributed by atoms with van der Waals surface area (Å²) >= 11 is 1.90. The fourth-order valence-corrected chi connectivity index (χ4v) is 4.67. The van der Waals surface area contributed by atoms with Crippen LogP contribution in [0.25, 0.3) is 0 Å². The van der Waals surface area contributed by atoms with Crippen molar-refractivity contribution in [1.82, 2.24) is 10.3 Å². The minimum Gasteiger partial charge on any atom is -0.348 e. The summed E-state index contributed by atoms with van der Waals surface area (Å²) in [5.74, 6) is 0. The van der Waals surface area contributed by atoms with Gasteiger partial charge in [-0.15, -0.1) is 0 Å². The summed E-state index contributed by atoms with van der Waals surface area (Å²) in [6.07, 6.45) is 4.68. The van der Waals surface area contributed by atoms with E-state index in [0.29, 0.717) is 17.5 Å². The van der Waals surface area contributed by atoms with E-state index in [4.69, 9.17) is 4.98 Å². The number of nitrogens with one attached hydrogen (secondary N) is 1. The smallest absolute Gasteiger partial charge is 0.185 e. The van der Waals surface area contributed by atoms with Crippen LogP contribution in [-0.4, -0.2) is 24.6 Å². The number of fused-ring (bicyclic) bond motifs is 1. The van der Waals surface area contributed by atoms with Crippen molar-refractivity contribution in [3.8, 4) is 0 Å². The molecular weight excluding hydrogens is 278 g/mol. The van der Waals surface area contributed by atoms with Crippen LogP contribution in [0.15, 0.2) is 0 Å². The predicted octanol–water partition coefficient (Wildman–Crippen LogP) is 4.39. The van der Waals surface area contributed by atoms with Crippen LogP contribution in [0, 0.1) is 5.41 Å². The van der Waals surface area contributed by atoms with Gasteiger partial charge < -0.3 is 10.2 Å². The second-order valence-corrected chi connectivity index (χ2v) is 8.05. The van der Waals surface area contributed by atoms with E-state index in [1.165, 1.54) is 35.0 Å². The first kappa shape index (κ1) is 16.8. The first-order valence-electron chi connectivity index (χ1n) is 8.37. The fourth-order valence-electron chi connectivity index (χ4n) is 3.47. The molecule has 2 rings (SSSR count). The van der Waals surface area contributed by atoms with Gasteiger partial charge in [0.2, 0.25) is 0 Å². The number of anilines is 1. The minimum absolute atomic E-state index is 0.346. The highest BCUT2D eigenvalue weighted by molar-refractivity contribution is 7.15. The van der Waals surface area contributed by atoms with E-state index in [0.717, 1.165) is 13.0 Å². The van der Waals surface area contributed by atoms with Crippen LogP contribution >= 0.6 is 11.3 Å². The lowest BCUT2D eigenvalue weighted by Gasteiger charge is -2.34. The summed E-state index contributed by atoms with van der Waals surface area (Å²) in [6, 6.07) is 1.08. The van der Waals surface area contributed by atoms with Crippen molar-refractivity contribution in [2.75, 3.05) is 18.5 Å². The third-order valence-electron chi connectivity index (χ3n) is 4.68. The van der Waals surface area contributed by atoms with Gasteiger partial charge in [0.15, 0.2) is 5.13 Å². The van der Waals surface area contributed by atoms with Crippen LogP contribution in [0.2, 0.25) is 0 Å². The third-order valence-corrected chi connectivity index (χ3v) is 5.98. The second-order valence-electron chi connectivity index (χ2n) is 7.04. The zero-order chi connectivity index (χ0) is 15.6. The molecule has 0 bridgehead atoms. The second kappa shape index (κ2) is 6.66. The lowest BCUT2D eigenvalue weighted by molar-refractivity contribution is 0.260. The zero-order valence-electron chi connectivity index (χ0n) is 14.5. The summed E-state index contributed by atoms with van der Waals surface area (Å²) in [7, 11) is 2.20. The van der Waals surface area contributed by atoms with Crippen LogP contribution in [0.5, 0.6) is 0 Å². The van der Waals surface area contributed by atoms with Gasteiger partial charge in [-0.3, -0.25) is 0 Å². The number of nitrogens with zero attached hydrogens (tertiary/aromatic N) is 2. The Morgan fingerprint density at radius 2 is 2.00 bits per heavy atom. The molecule has 1 aromatic rings. The molecule has 1 aliphatic carbocycles. The van der Waals surface area contributed by atoms with E-state index in [-0.39, 0.29) is 0 Å². The van der Waals surface area contributed by atoms with Crippen molar-refractivity contribution in [3.63, 3.8) is 0 Å². The van der Waals surface area contributed by atoms with Gasteiger partial charge in [0, 0.05) is 24.0 Å². The van der Waals surface area contributed by atoms with E-state index >= 15 is 0 Å². The predicted molar refractivity (Wildman–Crippen MR) is 93.4 cm³/mol. The molecule has 1 N–H and O–H groups in total. The number of hydrogen-bond donors (Lipinski definition) is 1. The first-order chi connectivity index (χ1) is 9.91. The summed E-state index contributed by atoms with van der Waals surface area (Å²) in [5, 5.41) is 4.86. The molecule has 0 saturated heterocycles. The number of rotatable bonds is 6. The van der Waals surface area contributed by atoms with Crippen molar-refractivity contribution in [3.05, 3.63) is 10.6 Å². The number of hydrogen-bond acceptors (Lipinski definition) is 4. The molecule has 1 aliphatic rings. The Balaban J connectivity index is 2.30. The molecule has 0 amide bonds. The molecule has 1 aromatic heterocycles. The lowest BCUT2D eigenvalue weighted by atomic mass is 9.76. The van der Waals surface area contributed by atoms with Gasteiger partial charge in [-0.2, -0.15) is 0 Å². The van der Waals surface area contributed by atoms with Gasteiger partial charge in [0.25, 0.3) is 0 Å². The SMILES string of the molecule is CCNC1CC(C)(C)Cc2nc(N(C)C(CC)CC)sc21. The van der Waals surface area contributed by atoms with Crippen LogP contribution in [-0.2, 0) is 6.42 Å². The van der Waals surface area contributed by atoms with Crippen molar-refractivity contribution >= 4 is 16.5 Å². The van der Waals surface area contributed by atoms with Gasteiger partial charge in [0.1, 0.15) is 0 Å². The molecule has 4 heteroatoms. The van der Waals surface area contributed by atoms with Crippen molar-refractivity contribution in [2.24, 2.45) is 5.41 Å². The molecule has 0 aromatic carbocycles. The van der Waals surface area contributed by atoms with Crippen LogP contribution in [0.3, 0.4) is 0 Å². The molecule has 0 spiro atoms. The molecule has 3 nitrogen and oxygen atoms in total. The largest absolute Gasteiger partial charge is 0.348 e. The van der Waals surface area contributed by atoms with E-state index in [1.807, 2.05) is 11.3 Å². The third kappa shape index (κ3) is 3.59. The van der Waals surface area contributed by atoms with Gasteiger partial charge >= 0.3 is 0 Å². The Morgan fingerprint density at radius 1 is 1.33 bits per heavy atom. The molecule has 21 heavy (non-hydrogen) atoms. The zero-order valence-corrected chi connectivity index (χ0v) is 15.3. The number of thiazole rings is 1. The van der Waals surface area contributed by atoms with Crippen molar-refractivity contribution < 1.29 is 0 Å². The average molecular weight is 310 g/mol. The normalized spacial score (nSPS) is 20.6. The molecule has 120 valence electrons. The standard InChI is InChI=1S/C17H31N3S/c1-7-12(8-2)20(6)16-19-14-11-17(4,5)10-13(18-9-3)15(14)21-16/h12-13,18H,7-11H2,1-6H3. The highest BCUT2D eigenvalue weighted by atomic mass is 32.1. The lowest BCUT2D eigenvalue weighted by Crippen LogP contribution is -2.32. The molecule has 0 fully saturated rings.